The van der Waals surface area contributed by atoms with Crippen LogP contribution in [0.4, 0.5) is 5.00 Å². The maximum absolute atomic E-state index is 12.5. The molecule has 1 heterocycles. The first-order chi connectivity index (χ1) is 13.6. The number of thiophene rings is 1. The Bertz CT molecular complexity index is 830. The molecule has 0 spiro atoms. The molecule has 1 amide bonds. The fourth-order valence-corrected chi connectivity index (χ4v) is 5.42. The summed E-state index contributed by atoms with van der Waals surface area (Å²) in [4.78, 5) is 27.1. The molecule has 1 aromatic heterocycles. The average molecular weight is 420 g/mol. The summed E-state index contributed by atoms with van der Waals surface area (Å²) in [5.41, 5.74) is 1.62. The van der Waals surface area contributed by atoms with Gasteiger partial charge in [0.2, 0.25) is 5.91 Å². The van der Waals surface area contributed by atoms with E-state index < -0.39 is 0 Å². The van der Waals surface area contributed by atoms with E-state index in [4.69, 9.17) is 9.47 Å². The van der Waals surface area contributed by atoms with E-state index >= 15 is 0 Å². The molecule has 2 aromatic rings. The molecular weight excluding hydrogens is 394 g/mol. The second kappa shape index (κ2) is 9.98. The zero-order valence-corrected chi connectivity index (χ0v) is 17.8. The highest BCUT2D eigenvalue weighted by Gasteiger charge is 2.26. The van der Waals surface area contributed by atoms with Crippen LogP contribution in [0.3, 0.4) is 0 Å². The molecule has 150 valence electrons. The number of carbonyl (C=O) groups is 2. The molecule has 1 aliphatic carbocycles. The first-order valence-electron chi connectivity index (χ1n) is 9.42. The number of rotatable bonds is 7. The summed E-state index contributed by atoms with van der Waals surface area (Å²) < 4.78 is 10.1. The monoisotopic (exact) mass is 419 g/mol. The highest BCUT2D eigenvalue weighted by atomic mass is 32.2. The molecule has 1 aliphatic rings. The first kappa shape index (κ1) is 20.7. The maximum Gasteiger partial charge on any atom is 0.341 e. The smallest absolute Gasteiger partial charge is 0.341 e. The van der Waals surface area contributed by atoms with Gasteiger partial charge in [0.1, 0.15) is 10.8 Å². The summed E-state index contributed by atoms with van der Waals surface area (Å²) >= 11 is 3.15. The summed E-state index contributed by atoms with van der Waals surface area (Å²) in [5.74, 6) is 1.04. The van der Waals surface area contributed by atoms with Gasteiger partial charge in [-0.15, -0.1) is 23.1 Å². The van der Waals surface area contributed by atoms with Crippen molar-refractivity contribution in [1.29, 1.82) is 0 Å². The number of amides is 1. The van der Waals surface area contributed by atoms with Crippen molar-refractivity contribution in [1.82, 2.24) is 0 Å². The highest BCUT2D eigenvalue weighted by molar-refractivity contribution is 7.99. The largest absolute Gasteiger partial charge is 0.497 e. The van der Waals surface area contributed by atoms with Crippen LogP contribution in [-0.4, -0.2) is 31.8 Å². The number of nitrogens with one attached hydrogen (secondary N) is 1. The Hall–Kier alpha value is -1.99. The Kier molecular flexibility index (Phi) is 7.39. The van der Waals surface area contributed by atoms with Gasteiger partial charge < -0.3 is 14.8 Å². The van der Waals surface area contributed by atoms with E-state index in [1.165, 1.54) is 29.7 Å². The quantitative estimate of drug-likeness (QED) is 0.391. The van der Waals surface area contributed by atoms with Gasteiger partial charge in [-0.3, -0.25) is 4.79 Å². The molecule has 0 fully saturated rings. The Morgan fingerprint density at radius 2 is 1.86 bits per heavy atom. The van der Waals surface area contributed by atoms with Crippen molar-refractivity contribution >= 4 is 40.0 Å². The number of thioether (sulfide) groups is 1. The lowest BCUT2D eigenvalue weighted by atomic mass is 10.1. The molecule has 1 N–H and O–H groups in total. The van der Waals surface area contributed by atoms with Gasteiger partial charge in [0.05, 0.1) is 19.8 Å². The molecule has 0 unspecified atom stereocenters. The van der Waals surface area contributed by atoms with E-state index in [2.05, 4.69) is 5.32 Å². The third-order valence-electron chi connectivity index (χ3n) is 4.72. The number of hydrogen-bond acceptors (Lipinski definition) is 6. The van der Waals surface area contributed by atoms with Gasteiger partial charge in [-0.25, -0.2) is 4.79 Å². The van der Waals surface area contributed by atoms with Crippen LogP contribution in [0.2, 0.25) is 0 Å². The maximum atomic E-state index is 12.5. The molecular formula is C21H25NO4S2. The van der Waals surface area contributed by atoms with Crippen LogP contribution in [0.15, 0.2) is 29.2 Å². The number of carbonyl (C=O) groups excluding carboxylic acids is 2. The lowest BCUT2D eigenvalue weighted by Crippen LogP contribution is -2.15. The van der Waals surface area contributed by atoms with Crippen molar-refractivity contribution in [2.75, 3.05) is 25.3 Å². The van der Waals surface area contributed by atoms with E-state index in [1.54, 1.807) is 18.9 Å². The molecule has 7 heteroatoms. The number of methoxy groups -OCH3 is 2. The Morgan fingerprint density at radius 1 is 1.11 bits per heavy atom. The average Bonchev–Trinajstić information content (AvgIpc) is 2.88. The van der Waals surface area contributed by atoms with Crippen molar-refractivity contribution in [3.63, 3.8) is 0 Å². The van der Waals surface area contributed by atoms with Crippen molar-refractivity contribution in [3.8, 4) is 5.75 Å². The van der Waals surface area contributed by atoms with Crippen LogP contribution >= 0.6 is 23.1 Å². The van der Waals surface area contributed by atoms with Gasteiger partial charge in [0, 0.05) is 21.9 Å². The first-order valence-corrected chi connectivity index (χ1v) is 11.2. The minimum absolute atomic E-state index is 0.0809. The van der Waals surface area contributed by atoms with E-state index in [0.29, 0.717) is 22.7 Å². The molecule has 0 aliphatic heterocycles. The summed E-state index contributed by atoms with van der Waals surface area (Å²) in [7, 11) is 3.03. The molecule has 0 saturated carbocycles. The zero-order valence-electron chi connectivity index (χ0n) is 16.2. The lowest BCUT2D eigenvalue weighted by Gasteiger charge is -2.08. The molecule has 3 rings (SSSR count). The van der Waals surface area contributed by atoms with E-state index in [1.807, 2.05) is 24.3 Å². The molecule has 5 nitrogen and oxygen atoms in total. The lowest BCUT2D eigenvalue weighted by molar-refractivity contribution is -0.115. The predicted molar refractivity (Wildman–Crippen MR) is 114 cm³/mol. The summed E-state index contributed by atoms with van der Waals surface area (Å²) in [5, 5.41) is 3.59. The van der Waals surface area contributed by atoms with Crippen LogP contribution < -0.4 is 10.1 Å². The molecule has 28 heavy (non-hydrogen) atoms. The fourth-order valence-electron chi connectivity index (χ4n) is 3.27. The Labute approximate surface area is 173 Å². The molecule has 1 aromatic carbocycles. The van der Waals surface area contributed by atoms with Crippen molar-refractivity contribution < 1.29 is 19.1 Å². The van der Waals surface area contributed by atoms with Crippen molar-refractivity contribution in [3.05, 3.63) is 40.3 Å². The number of aryl methyl sites for hydroxylation is 1. The second-order valence-corrected chi connectivity index (χ2v) is 8.86. The molecule has 0 bridgehead atoms. The van der Waals surface area contributed by atoms with Gasteiger partial charge in [0.15, 0.2) is 0 Å². The van der Waals surface area contributed by atoms with Crippen LogP contribution in [0.25, 0.3) is 0 Å². The van der Waals surface area contributed by atoms with Crippen molar-refractivity contribution in [2.45, 2.75) is 43.4 Å². The number of benzene rings is 1. The third-order valence-corrected chi connectivity index (χ3v) is 6.94. The Morgan fingerprint density at radius 3 is 2.57 bits per heavy atom. The van der Waals surface area contributed by atoms with Gasteiger partial charge in [-0.1, -0.05) is 6.42 Å². The molecule has 0 radical (unpaired) electrons. The molecule has 0 saturated heterocycles. The van der Waals surface area contributed by atoms with Gasteiger partial charge in [0.25, 0.3) is 0 Å². The number of ether oxygens (including phenoxy) is 2. The summed E-state index contributed by atoms with van der Waals surface area (Å²) in [6.07, 6.45) is 5.58. The van der Waals surface area contributed by atoms with Crippen LogP contribution in [0.5, 0.6) is 5.75 Å². The number of esters is 1. The zero-order chi connectivity index (χ0) is 19.9. The van der Waals surface area contributed by atoms with E-state index in [9.17, 15) is 9.59 Å². The SMILES string of the molecule is COC(=O)c1c(NC(=O)CCSc2ccc(OC)cc2)sc2c1CCCCC2. The van der Waals surface area contributed by atoms with Gasteiger partial charge in [-0.05, 0) is 55.5 Å². The van der Waals surface area contributed by atoms with Gasteiger partial charge >= 0.3 is 5.97 Å². The van der Waals surface area contributed by atoms with Crippen LogP contribution in [-0.2, 0) is 22.4 Å². The number of anilines is 1. The fraction of sp³-hybridized carbons (Fsp3) is 0.429. The summed E-state index contributed by atoms with van der Waals surface area (Å²) in [6, 6.07) is 7.77. The minimum atomic E-state index is -0.359. The highest BCUT2D eigenvalue weighted by Crippen LogP contribution is 2.38. The third kappa shape index (κ3) is 5.08. The predicted octanol–water partition coefficient (Wildman–Crippen LogP) is 4.93. The van der Waals surface area contributed by atoms with E-state index in [-0.39, 0.29) is 11.9 Å². The normalized spacial score (nSPS) is 13.4. The number of fused-ring (bicyclic) bond motifs is 1. The minimum Gasteiger partial charge on any atom is -0.497 e. The van der Waals surface area contributed by atoms with Crippen LogP contribution in [0.1, 0.15) is 46.5 Å². The standard InChI is InChI=1S/C21H25NO4S2/c1-25-14-8-10-15(11-9-14)27-13-12-18(23)22-20-19(21(24)26-2)16-6-4-3-5-7-17(16)28-20/h8-11H,3-7,12-13H2,1-2H3,(H,22,23). The topological polar surface area (TPSA) is 64.6 Å². The summed E-state index contributed by atoms with van der Waals surface area (Å²) in [6.45, 7) is 0. The van der Waals surface area contributed by atoms with Crippen LogP contribution in [0, 0.1) is 0 Å². The molecule has 0 atom stereocenters. The van der Waals surface area contributed by atoms with Gasteiger partial charge in [-0.2, -0.15) is 0 Å². The second-order valence-electron chi connectivity index (χ2n) is 6.58. The number of hydrogen-bond donors (Lipinski definition) is 1. The Balaban J connectivity index is 1.62. The van der Waals surface area contributed by atoms with E-state index in [0.717, 1.165) is 41.9 Å². The van der Waals surface area contributed by atoms with Crippen molar-refractivity contribution in [2.24, 2.45) is 0 Å².